The summed E-state index contributed by atoms with van der Waals surface area (Å²) in [4.78, 5) is 0. The van der Waals surface area contributed by atoms with Gasteiger partial charge >= 0.3 is 7.12 Å². The minimum absolute atomic E-state index is 0.509. The molecule has 0 aliphatic rings. The molecule has 0 aliphatic heterocycles. The summed E-state index contributed by atoms with van der Waals surface area (Å²) >= 11 is 17.1. The van der Waals surface area contributed by atoms with Gasteiger partial charge in [-0.3, -0.25) is 0 Å². The lowest BCUT2D eigenvalue weighted by Gasteiger charge is -2.06. The number of benzene rings is 6. The van der Waals surface area contributed by atoms with Crippen LogP contribution >= 0.6 is 79.6 Å². The van der Waals surface area contributed by atoms with Crippen LogP contribution in [0.15, 0.2) is 168 Å². The monoisotopic (exact) mass is 896 g/mol. The van der Waals surface area contributed by atoms with Crippen molar-refractivity contribution in [1.82, 2.24) is 0 Å². The highest BCUT2D eigenvalue weighted by atomic mass is 79.9. The summed E-state index contributed by atoms with van der Waals surface area (Å²) in [5, 5.41) is 17.9. The van der Waals surface area contributed by atoms with Crippen LogP contribution in [0.3, 0.4) is 0 Å². The van der Waals surface area contributed by atoms with Gasteiger partial charge in [-0.1, -0.05) is 189 Å². The summed E-state index contributed by atoms with van der Waals surface area (Å²) in [7, 11) is -1.39. The highest BCUT2D eigenvalue weighted by Gasteiger charge is 2.09. The third-order valence-electron chi connectivity index (χ3n) is 6.33. The van der Waals surface area contributed by atoms with Gasteiger partial charge in [0.2, 0.25) is 0 Å². The predicted octanol–water partition coefficient (Wildman–Crippen LogP) is 11.6. The van der Waals surface area contributed by atoms with Crippen LogP contribution in [-0.2, 0) is 0 Å². The molecule has 0 saturated heterocycles. The minimum atomic E-state index is -1.39. The Morgan fingerprint density at radius 2 is 0.591 bits per heavy atom. The van der Waals surface area contributed by atoms with Gasteiger partial charge in [-0.15, -0.1) is 0 Å². The second-order valence-corrected chi connectivity index (χ2v) is 14.1. The van der Waals surface area contributed by atoms with Crippen molar-refractivity contribution < 1.29 is 10.0 Å². The molecule has 0 spiro atoms. The molecule has 0 saturated carbocycles. The lowest BCUT2D eigenvalue weighted by atomic mass is 9.80. The van der Waals surface area contributed by atoms with Crippen LogP contribution in [0.5, 0.6) is 0 Å². The highest BCUT2D eigenvalue weighted by Crippen LogP contribution is 2.29. The quantitative estimate of drug-likeness (QED) is 0.173. The van der Waals surface area contributed by atoms with Crippen molar-refractivity contribution in [2.45, 2.75) is 0 Å². The molecule has 2 nitrogen and oxygen atoms in total. The number of hydrogen-bond donors (Lipinski definition) is 2. The first-order valence-electron chi connectivity index (χ1n) is 13.4. The van der Waals surface area contributed by atoms with E-state index in [1.54, 1.807) is 12.1 Å². The zero-order valence-electron chi connectivity index (χ0n) is 23.2. The van der Waals surface area contributed by atoms with Gasteiger partial charge in [0.15, 0.2) is 0 Å². The third kappa shape index (κ3) is 10.9. The van der Waals surface area contributed by atoms with Gasteiger partial charge in [0.05, 0.1) is 0 Å². The number of rotatable bonds is 4. The minimum Gasteiger partial charge on any atom is -0.423 e. The fourth-order valence-electron chi connectivity index (χ4n) is 4.20. The topological polar surface area (TPSA) is 40.5 Å². The maximum absolute atomic E-state index is 8.94. The molecule has 0 aromatic heterocycles. The van der Waals surface area contributed by atoms with Gasteiger partial charge in [0.1, 0.15) is 0 Å². The van der Waals surface area contributed by atoms with E-state index in [4.69, 9.17) is 10.0 Å². The summed E-state index contributed by atoms with van der Waals surface area (Å²) in [5.41, 5.74) is 7.60. The summed E-state index contributed by atoms with van der Waals surface area (Å²) in [5.74, 6) is 0. The van der Waals surface area contributed by atoms with Gasteiger partial charge in [0.25, 0.3) is 0 Å². The van der Waals surface area contributed by atoms with E-state index >= 15 is 0 Å². The first kappa shape index (κ1) is 34.6. The molecule has 0 heterocycles. The SMILES string of the molecule is Brc1cc(Br)cc(-c2ccc(-c3ccccc3)cc2)c1.Brc1cc(Br)cc(Br)c1.OB(O)c1ccc(-c2ccccc2)cc1. The molecule has 0 amide bonds. The van der Waals surface area contributed by atoms with E-state index in [1.165, 1.54) is 22.3 Å². The van der Waals surface area contributed by atoms with Crippen LogP contribution in [0.4, 0.5) is 0 Å². The van der Waals surface area contributed by atoms with Crippen molar-refractivity contribution in [2.24, 2.45) is 0 Å². The molecule has 0 aliphatic carbocycles. The molecule has 6 aromatic carbocycles. The van der Waals surface area contributed by atoms with Gasteiger partial charge in [0, 0.05) is 22.4 Å². The first-order valence-corrected chi connectivity index (χ1v) is 17.4. The van der Waals surface area contributed by atoms with Crippen LogP contribution in [0.1, 0.15) is 0 Å². The van der Waals surface area contributed by atoms with Gasteiger partial charge in [-0.25, -0.2) is 0 Å². The van der Waals surface area contributed by atoms with Crippen LogP contribution in [0.25, 0.3) is 33.4 Å². The summed E-state index contributed by atoms with van der Waals surface area (Å²) in [6, 6.07) is 48.5. The molecule has 6 rings (SSSR count). The summed E-state index contributed by atoms with van der Waals surface area (Å²) in [6.45, 7) is 0. The van der Waals surface area contributed by atoms with Crippen molar-refractivity contribution in [3.8, 4) is 33.4 Å². The van der Waals surface area contributed by atoms with Crippen molar-refractivity contribution in [1.29, 1.82) is 0 Å². The second kappa shape index (κ2) is 17.4. The maximum atomic E-state index is 8.94. The van der Waals surface area contributed by atoms with Gasteiger partial charge in [-0.05, 0) is 75.2 Å². The zero-order chi connectivity index (χ0) is 31.5. The lowest BCUT2D eigenvalue weighted by molar-refractivity contribution is 0.426. The Kier molecular flexibility index (Phi) is 13.7. The molecular weight excluding hydrogens is 875 g/mol. The Hall–Kier alpha value is -2.30. The first-order chi connectivity index (χ1) is 21.2. The lowest BCUT2D eigenvalue weighted by Crippen LogP contribution is -2.29. The summed E-state index contributed by atoms with van der Waals surface area (Å²) < 4.78 is 5.37. The van der Waals surface area contributed by atoms with E-state index < -0.39 is 7.12 Å². The van der Waals surface area contributed by atoms with Crippen LogP contribution in [0.2, 0.25) is 0 Å². The maximum Gasteiger partial charge on any atom is 0.488 e. The Labute approximate surface area is 301 Å². The molecule has 0 atom stereocenters. The van der Waals surface area contributed by atoms with Gasteiger partial charge < -0.3 is 10.0 Å². The molecule has 0 bridgehead atoms. The van der Waals surface area contributed by atoms with Crippen LogP contribution in [0, 0.1) is 0 Å². The van der Waals surface area contributed by atoms with Crippen LogP contribution in [-0.4, -0.2) is 17.2 Å². The molecule has 220 valence electrons. The standard InChI is InChI=1S/C18H12Br2.C12H11BO2.C6H3Br3/c19-17-10-16(11-18(20)12-17)15-8-6-14(7-9-15)13-4-2-1-3-5-13;14-13(15)12-8-6-11(7-9-12)10-4-2-1-3-5-10;7-4-1-5(8)3-6(9)2-4/h1-12H;1-9,14-15H;1-3H. The van der Waals surface area contributed by atoms with E-state index in [-0.39, 0.29) is 0 Å². The van der Waals surface area contributed by atoms with E-state index in [2.05, 4.69) is 140 Å². The fraction of sp³-hybridized carbons (Fsp3) is 0. The second-order valence-electron chi connectivity index (χ2n) is 9.55. The van der Waals surface area contributed by atoms with Gasteiger partial charge in [-0.2, -0.15) is 0 Å². The Balaban J connectivity index is 0.000000162. The Bertz CT molecular complexity index is 1690. The molecule has 0 fully saturated rings. The van der Waals surface area contributed by atoms with Crippen molar-refractivity contribution in [3.63, 3.8) is 0 Å². The number of halogens is 5. The molecule has 0 radical (unpaired) electrons. The highest BCUT2D eigenvalue weighted by molar-refractivity contribution is 9.11. The largest absolute Gasteiger partial charge is 0.488 e. The molecule has 0 unspecified atom stereocenters. The number of hydrogen-bond acceptors (Lipinski definition) is 2. The molecule has 44 heavy (non-hydrogen) atoms. The average Bonchev–Trinajstić information content (AvgIpc) is 3.02. The predicted molar refractivity (Wildman–Crippen MR) is 204 cm³/mol. The normalized spacial score (nSPS) is 10.2. The van der Waals surface area contributed by atoms with E-state index in [0.29, 0.717) is 5.46 Å². The average molecular weight is 901 g/mol. The van der Waals surface area contributed by atoms with Crippen molar-refractivity contribution in [3.05, 3.63) is 168 Å². The smallest absolute Gasteiger partial charge is 0.423 e. The molecule has 2 N–H and O–H groups in total. The Morgan fingerprint density at radius 1 is 0.318 bits per heavy atom. The zero-order valence-corrected chi connectivity index (χ0v) is 31.1. The molecule has 6 aromatic rings. The third-order valence-corrected chi connectivity index (χ3v) is 8.62. The van der Waals surface area contributed by atoms with E-state index in [1.807, 2.05) is 72.8 Å². The molecule has 8 heteroatoms. The van der Waals surface area contributed by atoms with E-state index in [9.17, 15) is 0 Å². The fourth-order valence-corrected chi connectivity index (χ4v) is 7.90. The molecular formula is C36H26BBr5O2. The van der Waals surface area contributed by atoms with Crippen molar-refractivity contribution in [2.75, 3.05) is 0 Å². The Morgan fingerprint density at radius 3 is 0.932 bits per heavy atom. The van der Waals surface area contributed by atoms with Crippen molar-refractivity contribution >= 4 is 92.2 Å². The van der Waals surface area contributed by atoms with Crippen LogP contribution < -0.4 is 5.46 Å². The van der Waals surface area contributed by atoms with E-state index in [0.717, 1.165) is 33.5 Å². The summed E-state index contributed by atoms with van der Waals surface area (Å²) in [6.07, 6.45) is 0.